The molecule has 4 aromatic rings. The summed E-state index contributed by atoms with van der Waals surface area (Å²) >= 11 is 24.9. The topological polar surface area (TPSA) is 67.6 Å². The number of fused-ring (bicyclic) bond motifs is 3. The first kappa shape index (κ1) is 26.1. The Balaban J connectivity index is 1.64. The second-order valence-corrected chi connectivity index (χ2v) is 11.9. The molecule has 6 nitrogen and oxygen atoms in total. The second-order valence-electron chi connectivity index (χ2n) is 8.57. The third kappa shape index (κ3) is 5.24. The molecule has 1 aliphatic carbocycles. The van der Waals surface area contributed by atoms with Crippen LogP contribution in [-0.4, -0.2) is 31.6 Å². The number of rotatable bonds is 5. The number of aryl methyl sites for hydroxylation is 1. The Labute approximate surface area is 235 Å². The number of hydrogen-bond acceptors (Lipinski definition) is 3. The third-order valence-electron chi connectivity index (χ3n) is 6.10. The van der Waals surface area contributed by atoms with E-state index in [9.17, 15) is 8.42 Å². The van der Waals surface area contributed by atoms with Gasteiger partial charge in [-0.05, 0) is 79.4 Å². The lowest BCUT2D eigenvalue weighted by Crippen LogP contribution is -2.18. The van der Waals surface area contributed by atoms with Crippen LogP contribution in [0, 0.1) is 0 Å². The van der Waals surface area contributed by atoms with Crippen molar-refractivity contribution >= 4 is 68.6 Å². The maximum atomic E-state index is 12.8. The summed E-state index contributed by atoms with van der Waals surface area (Å²) in [6.45, 7) is 0. The minimum atomic E-state index is -3.93. The predicted molar refractivity (Wildman–Crippen MR) is 152 cm³/mol. The van der Waals surface area contributed by atoms with E-state index < -0.39 is 10.0 Å². The van der Waals surface area contributed by atoms with Crippen LogP contribution in [0.15, 0.2) is 70.0 Å². The van der Waals surface area contributed by atoms with Crippen molar-refractivity contribution in [2.75, 3.05) is 11.9 Å². The Morgan fingerprint density at radius 3 is 2.32 bits per heavy atom. The largest absolute Gasteiger partial charge is 0.318 e. The first-order valence-corrected chi connectivity index (χ1v) is 14.2. The molecule has 0 bridgehead atoms. The highest BCUT2D eigenvalue weighted by molar-refractivity contribution is 7.90. The number of nitrogens with zero attached hydrogens (tertiary/aromatic N) is 4. The Kier molecular flexibility index (Phi) is 7.27. The number of sulfonamides is 1. The lowest BCUT2D eigenvalue weighted by atomic mass is 10.0. The summed E-state index contributed by atoms with van der Waals surface area (Å²) in [5, 5.41) is 6.93. The van der Waals surface area contributed by atoms with E-state index in [-0.39, 0.29) is 4.90 Å². The Morgan fingerprint density at radius 1 is 0.919 bits per heavy atom. The molecule has 190 valence electrons. The molecule has 5 rings (SSSR count). The summed E-state index contributed by atoms with van der Waals surface area (Å²) in [6, 6.07) is 16.9. The number of hydrogen-bond donors (Lipinski definition) is 0. The Bertz CT molecular complexity index is 1630. The van der Waals surface area contributed by atoms with E-state index in [4.69, 9.17) is 51.5 Å². The molecule has 0 N–H and O–H groups in total. The molecule has 37 heavy (non-hydrogen) atoms. The third-order valence-corrected chi connectivity index (χ3v) is 8.36. The van der Waals surface area contributed by atoms with E-state index in [0.29, 0.717) is 38.0 Å². The summed E-state index contributed by atoms with van der Waals surface area (Å²) < 4.78 is 31.2. The molecule has 0 amide bonds. The summed E-state index contributed by atoms with van der Waals surface area (Å²) in [5.41, 5.74) is 4.55. The maximum absolute atomic E-state index is 12.8. The SMILES string of the molecule is CN(C=NS(=O)(=O)c1ccc(Cl)cc1)c1nn(-c2ccc(Cl)cc2Cl)c2c1CCCc1cc(Cl)ccc1-2. The van der Waals surface area contributed by atoms with Gasteiger partial charge in [0.15, 0.2) is 5.82 Å². The smallest absolute Gasteiger partial charge is 0.283 e. The zero-order valence-corrected chi connectivity index (χ0v) is 23.3. The van der Waals surface area contributed by atoms with E-state index in [1.54, 1.807) is 34.8 Å². The summed E-state index contributed by atoms with van der Waals surface area (Å²) in [4.78, 5) is 1.65. The monoisotopic (exact) mass is 592 g/mol. The molecule has 1 aromatic heterocycles. The molecule has 0 spiro atoms. The van der Waals surface area contributed by atoms with Gasteiger partial charge in [-0.2, -0.15) is 8.42 Å². The molecule has 0 aliphatic heterocycles. The quantitative estimate of drug-likeness (QED) is 0.177. The van der Waals surface area contributed by atoms with Gasteiger partial charge in [0.1, 0.15) is 6.34 Å². The maximum Gasteiger partial charge on any atom is 0.283 e. The first-order chi connectivity index (χ1) is 17.6. The van der Waals surface area contributed by atoms with Gasteiger partial charge in [-0.15, -0.1) is 9.50 Å². The molecular formula is C26H20Cl4N4O2S. The molecule has 0 radical (unpaired) electrons. The fourth-order valence-corrected chi connectivity index (χ4v) is 6.04. The van der Waals surface area contributed by atoms with Crippen LogP contribution in [0.5, 0.6) is 0 Å². The van der Waals surface area contributed by atoms with Gasteiger partial charge in [-0.1, -0.05) is 52.5 Å². The molecule has 0 atom stereocenters. The van der Waals surface area contributed by atoms with Crippen molar-refractivity contribution in [3.8, 4) is 16.9 Å². The Morgan fingerprint density at radius 2 is 1.59 bits per heavy atom. The Hall–Kier alpha value is -2.55. The minimum Gasteiger partial charge on any atom is -0.318 e. The molecule has 0 saturated carbocycles. The normalized spacial score (nSPS) is 13.3. The van der Waals surface area contributed by atoms with Crippen molar-refractivity contribution in [2.45, 2.75) is 24.2 Å². The molecule has 0 unspecified atom stereocenters. The van der Waals surface area contributed by atoms with Gasteiger partial charge in [0.25, 0.3) is 10.0 Å². The number of anilines is 1. The van der Waals surface area contributed by atoms with E-state index in [2.05, 4.69) is 4.40 Å². The van der Waals surface area contributed by atoms with Crippen molar-refractivity contribution < 1.29 is 8.42 Å². The standard InChI is InChI=1S/C26H20Cl4N4O2S/c1-33(15-31-37(35,36)20-9-5-17(27)6-10-20)26-22-4-2-3-16-13-18(28)7-11-21(16)25(22)34(32-26)24-12-8-19(29)14-23(24)30/h5-15H,2-4H2,1H3. The molecule has 0 fully saturated rings. The van der Waals surface area contributed by atoms with Gasteiger partial charge in [-0.3, -0.25) is 0 Å². The predicted octanol–water partition coefficient (Wildman–Crippen LogP) is 7.50. The van der Waals surface area contributed by atoms with Crippen LogP contribution in [0.2, 0.25) is 20.1 Å². The van der Waals surface area contributed by atoms with Crippen molar-refractivity contribution in [1.29, 1.82) is 0 Å². The zero-order chi connectivity index (χ0) is 26.3. The summed E-state index contributed by atoms with van der Waals surface area (Å²) in [7, 11) is -2.22. The minimum absolute atomic E-state index is 0.0460. The van der Waals surface area contributed by atoms with Crippen molar-refractivity contribution in [2.24, 2.45) is 4.40 Å². The lowest BCUT2D eigenvalue weighted by molar-refractivity contribution is 0.598. The summed E-state index contributed by atoms with van der Waals surface area (Å²) in [5.74, 6) is 0.568. The average Bonchev–Trinajstić information content (AvgIpc) is 3.11. The zero-order valence-electron chi connectivity index (χ0n) is 19.5. The van der Waals surface area contributed by atoms with Crippen molar-refractivity contribution in [3.05, 3.63) is 91.9 Å². The highest BCUT2D eigenvalue weighted by Gasteiger charge is 2.27. The van der Waals surface area contributed by atoms with Gasteiger partial charge in [0.2, 0.25) is 0 Å². The van der Waals surface area contributed by atoms with Crippen LogP contribution in [-0.2, 0) is 22.9 Å². The van der Waals surface area contributed by atoms with Crippen LogP contribution in [0.1, 0.15) is 17.5 Å². The van der Waals surface area contributed by atoms with E-state index in [1.807, 2.05) is 18.2 Å². The van der Waals surface area contributed by atoms with Crippen LogP contribution >= 0.6 is 46.4 Å². The van der Waals surface area contributed by atoms with Crippen LogP contribution < -0.4 is 4.90 Å². The highest BCUT2D eigenvalue weighted by atomic mass is 35.5. The van der Waals surface area contributed by atoms with Crippen LogP contribution in [0.3, 0.4) is 0 Å². The summed E-state index contributed by atoms with van der Waals surface area (Å²) in [6.07, 6.45) is 3.67. The number of halogens is 4. The van der Waals surface area contributed by atoms with Gasteiger partial charge >= 0.3 is 0 Å². The number of benzene rings is 3. The van der Waals surface area contributed by atoms with Gasteiger partial charge in [0.05, 0.1) is 21.3 Å². The lowest BCUT2D eigenvalue weighted by Gasteiger charge is -2.13. The molecule has 11 heteroatoms. The first-order valence-electron chi connectivity index (χ1n) is 11.3. The van der Waals surface area contributed by atoms with E-state index in [0.717, 1.165) is 35.2 Å². The molecule has 0 saturated heterocycles. The molecule has 1 heterocycles. The molecule has 1 aliphatic rings. The van der Waals surface area contributed by atoms with Crippen molar-refractivity contribution in [3.63, 3.8) is 0 Å². The van der Waals surface area contributed by atoms with Crippen LogP contribution in [0.25, 0.3) is 16.9 Å². The van der Waals surface area contributed by atoms with Gasteiger partial charge in [-0.25, -0.2) is 4.68 Å². The molecule has 3 aromatic carbocycles. The second kappa shape index (κ2) is 10.3. The fraction of sp³-hybridized carbons (Fsp3) is 0.154. The van der Waals surface area contributed by atoms with E-state index >= 15 is 0 Å². The van der Waals surface area contributed by atoms with Gasteiger partial charge < -0.3 is 4.90 Å². The van der Waals surface area contributed by atoms with Crippen LogP contribution in [0.4, 0.5) is 5.82 Å². The average molecular weight is 594 g/mol. The van der Waals surface area contributed by atoms with Crippen molar-refractivity contribution in [1.82, 2.24) is 9.78 Å². The fourth-order valence-electron chi connectivity index (χ4n) is 4.37. The number of aromatic nitrogens is 2. The van der Waals surface area contributed by atoms with Gasteiger partial charge in [0, 0.05) is 33.2 Å². The van der Waals surface area contributed by atoms with E-state index in [1.165, 1.54) is 30.6 Å². The highest BCUT2D eigenvalue weighted by Crippen LogP contribution is 2.41. The molecular weight excluding hydrogens is 574 g/mol.